The van der Waals surface area contributed by atoms with Crippen LogP contribution in [0.5, 0.6) is 0 Å². The molecule has 0 atom stereocenters. The minimum atomic E-state index is -0.0674. The molecule has 0 N–H and O–H groups in total. The van der Waals surface area contributed by atoms with Crippen molar-refractivity contribution in [1.82, 2.24) is 10.2 Å². The Morgan fingerprint density at radius 1 is 0.667 bits per heavy atom. The molecular weight excluding hydrogens is 372 g/mol. The molecule has 0 aliphatic heterocycles. The van der Waals surface area contributed by atoms with Crippen LogP contribution in [0.15, 0.2) is 59.9 Å². The van der Waals surface area contributed by atoms with E-state index in [1.807, 2.05) is 60.7 Å². The van der Waals surface area contributed by atoms with Crippen LogP contribution >= 0.6 is 0 Å². The summed E-state index contributed by atoms with van der Waals surface area (Å²) in [5, 5.41) is 28.0. The minimum Gasteiger partial charge on any atom is -0.226 e. The zero-order chi connectivity index (χ0) is 20.8. The van der Waals surface area contributed by atoms with Crippen LogP contribution in [0, 0.1) is 35.8 Å². The van der Waals surface area contributed by atoms with Crippen LogP contribution < -0.4 is 0 Å². The standard InChI is InChI=1S/C24H8N6/c1-27-17(11-25)19-15-9-5-6-10-16(15)23-22(19)21-14-8-4-3-7-13(14)20(18(12-26)28-2)24(21)30-29-23/h3-10H/b19-17-,20-18+. The van der Waals surface area contributed by atoms with E-state index in [2.05, 4.69) is 19.9 Å². The van der Waals surface area contributed by atoms with Crippen molar-refractivity contribution >= 4 is 11.1 Å². The fourth-order valence-corrected chi connectivity index (χ4v) is 4.15. The number of hydrogen-bond acceptors (Lipinski definition) is 4. The Bertz CT molecular complexity index is 1500. The molecule has 6 nitrogen and oxygen atoms in total. The van der Waals surface area contributed by atoms with E-state index in [4.69, 9.17) is 13.1 Å². The third-order valence-electron chi connectivity index (χ3n) is 5.29. The normalized spacial score (nSPS) is 15.3. The SMILES string of the molecule is [C-]#[N+]/C(C#N)=C1/c2ccccc2-c2nnc3c(c21)-c1ccccc1/C3=C(/C#N)[N+]#[C-]. The average Bonchev–Trinajstić information content (AvgIpc) is 3.30. The van der Waals surface area contributed by atoms with Crippen molar-refractivity contribution in [3.63, 3.8) is 0 Å². The Labute approximate surface area is 171 Å². The largest absolute Gasteiger partial charge is 0.271 e. The Morgan fingerprint density at radius 3 is 1.77 bits per heavy atom. The highest BCUT2D eigenvalue weighted by Gasteiger charge is 2.37. The van der Waals surface area contributed by atoms with Gasteiger partial charge in [0.1, 0.15) is 5.69 Å². The minimum absolute atomic E-state index is 0.0306. The molecule has 0 radical (unpaired) electrons. The number of nitrogens with zero attached hydrogens (tertiary/aromatic N) is 6. The van der Waals surface area contributed by atoms with Crippen molar-refractivity contribution in [1.29, 1.82) is 10.5 Å². The Hall–Kier alpha value is -5.04. The average molecular weight is 380 g/mol. The molecule has 0 bridgehead atoms. The lowest BCUT2D eigenvalue weighted by Gasteiger charge is -2.09. The molecular formula is C24H8N6. The van der Waals surface area contributed by atoms with Crippen LogP contribution in [-0.2, 0) is 0 Å². The highest BCUT2D eigenvalue weighted by Crippen LogP contribution is 2.54. The maximum atomic E-state index is 9.65. The van der Waals surface area contributed by atoms with Gasteiger partial charge in [0.2, 0.25) is 0 Å². The van der Waals surface area contributed by atoms with E-state index < -0.39 is 0 Å². The van der Waals surface area contributed by atoms with Gasteiger partial charge in [-0.25, -0.2) is 20.2 Å². The van der Waals surface area contributed by atoms with Crippen molar-refractivity contribution in [2.75, 3.05) is 0 Å². The van der Waals surface area contributed by atoms with Gasteiger partial charge in [-0.05, 0) is 16.7 Å². The number of hydrogen-bond donors (Lipinski definition) is 0. The summed E-state index contributed by atoms with van der Waals surface area (Å²) in [5.41, 5.74) is 6.30. The maximum absolute atomic E-state index is 9.65. The number of nitriles is 2. The second-order valence-electron chi connectivity index (χ2n) is 6.63. The van der Waals surface area contributed by atoms with E-state index >= 15 is 0 Å². The molecule has 0 fully saturated rings. The summed E-state index contributed by atoms with van der Waals surface area (Å²) in [7, 11) is 0. The van der Waals surface area contributed by atoms with Crippen molar-refractivity contribution in [2.24, 2.45) is 0 Å². The molecule has 6 heteroatoms. The molecule has 0 saturated carbocycles. The molecule has 2 aromatic carbocycles. The van der Waals surface area contributed by atoms with Crippen molar-refractivity contribution in [3.05, 3.63) is 105 Å². The lowest BCUT2D eigenvalue weighted by Crippen LogP contribution is -1.98. The van der Waals surface area contributed by atoms with E-state index in [-0.39, 0.29) is 11.4 Å². The van der Waals surface area contributed by atoms with Crippen molar-refractivity contribution in [2.45, 2.75) is 0 Å². The van der Waals surface area contributed by atoms with E-state index in [1.54, 1.807) is 0 Å². The first-order valence-electron chi connectivity index (χ1n) is 8.89. The number of fused-ring (bicyclic) bond motifs is 7. The molecule has 30 heavy (non-hydrogen) atoms. The van der Waals surface area contributed by atoms with E-state index in [1.165, 1.54) is 0 Å². The van der Waals surface area contributed by atoms with Gasteiger partial charge in [-0.2, -0.15) is 5.10 Å². The van der Waals surface area contributed by atoms with E-state index in [0.717, 1.165) is 22.3 Å². The summed E-state index contributed by atoms with van der Waals surface area (Å²) in [6.45, 7) is 15.0. The smallest absolute Gasteiger partial charge is 0.226 e. The highest BCUT2D eigenvalue weighted by molar-refractivity contribution is 6.12. The fourth-order valence-electron chi connectivity index (χ4n) is 4.15. The number of aromatic nitrogens is 2. The molecule has 2 aliphatic rings. The van der Waals surface area contributed by atoms with Gasteiger partial charge in [-0.1, -0.05) is 48.5 Å². The molecule has 1 aromatic heterocycles. The number of rotatable bonds is 0. The summed E-state index contributed by atoms with van der Waals surface area (Å²) >= 11 is 0. The zero-order valence-corrected chi connectivity index (χ0v) is 15.3. The van der Waals surface area contributed by atoms with Gasteiger partial charge in [0, 0.05) is 27.8 Å². The summed E-state index contributed by atoms with van der Waals surface area (Å²) in [4.78, 5) is 6.86. The topological polar surface area (TPSA) is 82.1 Å². The van der Waals surface area contributed by atoms with Crippen molar-refractivity contribution < 1.29 is 0 Å². The first-order valence-corrected chi connectivity index (χ1v) is 8.89. The summed E-state index contributed by atoms with van der Waals surface area (Å²) < 4.78 is 0. The Kier molecular flexibility index (Phi) is 3.56. The maximum Gasteiger partial charge on any atom is 0.271 e. The molecule has 5 rings (SSSR count). The van der Waals surface area contributed by atoms with Gasteiger partial charge in [-0.3, -0.25) is 0 Å². The van der Waals surface area contributed by atoms with Gasteiger partial charge in [0.05, 0.1) is 31.0 Å². The van der Waals surface area contributed by atoms with Crippen LogP contribution in [0.2, 0.25) is 0 Å². The quantitative estimate of drug-likeness (QED) is 0.284. The Morgan fingerprint density at radius 2 is 1.17 bits per heavy atom. The first kappa shape index (κ1) is 17.1. The number of benzene rings is 2. The molecule has 1 heterocycles. The molecule has 0 amide bonds. The zero-order valence-electron chi connectivity index (χ0n) is 15.3. The second kappa shape index (κ2) is 6.25. The van der Waals surface area contributed by atoms with Crippen molar-refractivity contribution in [3.8, 4) is 34.5 Å². The molecule has 0 saturated heterocycles. The third kappa shape index (κ3) is 2.02. The van der Waals surface area contributed by atoms with Gasteiger partial charge in [0.15, 0.2) is 0 Å². The predicted molar refractivity (Wildman–Crippen MR) is 109 cm³/mol. The second-order valence-corrected chi connectivity index (χ2v) is 6.63. The van der Waals surface area contributed by atoms with Gasteiger partial charge >= 0.3 is 0 Å². The summed E-state index contributed by atoms with van der Waals surface area (Å²) in [5.74, 6) is 0. The molecule has 3 aromatic rings. The molecule has 134 valence electrons. The van der Waals surface area contributed by atoms with Crippen LogP contribution in [0.25, 0.3) is 43.2 Å². The fraction of sp³-hybridized carbons (Fsp3) is 0. The first-order chi connectivity index (χ1) is 14.7. The molecule has 2 aliphatic carbocycles. The predicted octanol–water partition coefficient (Wildman–Crippen LogP) is 4.84. The van der Waals surface area contributed by atoms with Gasteiger partial charge in [0.25, 0.3) is 11.4 Å². The van der Waals surface area contributed by atoms with Crippen LogP contribution in [-0.4, -0.2) is 10.2 Å². The highest BCUT2D eigenvalue weighted by atomic mass is 15.1. The van der Waals surface area contributed by atoms with Crippen LogP contribution in [0.1, 0.15) is 22.4 Å². The third-order valence-corrected chi connectivity index (χ3v) is 5.29. The molecule has 0 unspecified atom stereocenters. The number of allylic oxidation sites excluding steroid dienone is 2. The van der Waals surface area contributed by atoms with Gasteiger partial charge < -0.3 is 0 Å². The lowest BCUT2D eigenvalue weighted by molar-refractivity contribution is 1.02. The lowest BCUT2D eigenvalue weighted by atomic mass is 9.95. The Balaban J connectivity index is 2.02. The van der Waals surface area contributed by atoms with Gasteiger partial charge in [-0.15, -0.1) is 5.10 Å². The summed E-state index contributed by atoms with van der Waals surface area (Å²) in [6.07, 6.45) is 0. The van der Waals surface area contributed by atoms with E-state index in [9.17, 15) is 10.5 Å². The monoisotopic (exact) mass is 380 g/mol. The molecule has 0 spiro atoms. The van der Waals surface area contributed by atoms with E-state index in [0.29, 0.717) is 33.7 Å². The summed E-state index contributed by atoms with van der Waals surface area (Å²) in [6, 6.07) is 18.9. The van der Waals surface area contributed by atoms with Crippen LogP contribution in [0.3, 0.4) is 0 Å². The van der Waals surface area contributed by atoms with Crippen LogP contribution in [0.4, 0.5) is 0 Å².